The van der Waals surface area contributed by atoms with Gasteiger partial charge < -0.3 is 10.1 Å². The molecule has 0 saturated carbocycles. The SMILES string of the molecule is CCOC(=O)CNC(=O)C1CC(F)(F)CN1. The largest absolute Gasteiger partial charge is 0.465 e. The lowest BCUT2D eigenvalue weighted by molar-refractivity contribution is -0.143. The second-order valence-corrected chi connectivity index (χ2v) is 3.52. The van der Waals surface area contributed by atoms with Gasteiger partial charge in [-0.3, -0.25) is 14.9 Å². The van der Waals surface area contributed by atoms with Crippen molar-refractivity contribution in [2.75, 3.05) is 19.7 Å². The van der Waals surface area contributed by atoms with Crippen LogP contribution in [0.5, 0.6) is 0 Å². The van der Waals surface area contributed by atoms with Crippen LogP contribution < -0.4 is 10.6 Å². The van der Waals surface area contributed by atoms with Crippen LogP contribution in [0.3, 0.4) is 0 Å². The van der Waals surface area contributed by atoms with Crippen LogP contribution in [0.2, 0.25) is 0 Å². The zero-order chi connectivity index (χ0) is 12.2. The van der Waals surface area contributed by atoms with E-state index >= 15 is 0 Å². The molecule has 0 aromatic heterocycles. The molecule has 0 aliphatic carbocycles. The molecule has 92 valence electrons. The van der Waals surface area contributed by atoms with Crippen molar-refractivity contribution in [1.82, 2.24) is 10.6 Å². The van der Waals surface area contributed by atoms with Crippen LogP contribution in [0.25, 0.3) is 0 Å². The lowest BCUT2D eigenvalue weighted by Gasteiger charge is -2.10. The zero-order valence-corrected chi connectivity index (χ0v) is 8.89. The van der Waals surface area contributed by atoms with Gasteiger partial charge in [0.1, 0.15) is 6.54 Å². The lowest BCUT2D eigenvalue weighted by atomic mass is 10.2. The molecule has 0 bridgehead atoms. The molecule has 0 aromatic carbocycles. The van der Waals surface area contributed by atoms with E-state index < -0.39 is 36.8 Å². The van der Waals surface area contributed by atoms with Gasteiger partial charge in [-0.05, 0) is 6.92 Å². The van der Waals surface area contributed by atoms with E-state index in [0.717, 1.165) is 0 Å². The van der Waals surface area contributed by atoms with Crippen molar-refractivity contribution in [3.05, 3.63) is 0 Å². The minimum Gasteiger partial charge on any atom is -0.465 e. The van der Waals surface area contributed by atoms with E-state index in [0.29, 0.717) is 0 Å². The number of nitrogens with one attached hydrogen (secondary N) is 2. The molecule has 2 N–H and O–H groups in total. The fourth-order valence-corrected chi connectivity index (χ4v) is 1.40. The Balaban J connectivity index is 2.29. The van der Waals surface area contributed by atoms with E-state index in [1.807, 2.05) is 0 Å². The third-order valence-corrected chi connectivity index (χ3v) is 2.14. The van der Waals surface area contributed by atoms with Gasteiger partial charge in [-0.15, -0.1) is 0 Å². The first kappa shape index (κ1) is 12.8. The first-order chi connectivity index (χ1) is 7.44. The smallest absolute Gasteiger partial charge is 0.325 e. The summed E-state index contributed by atoms with van der Waals surface area (Å²) in [5, 5.41) is 4.63. The summed E-state index contributed by atoms with van der Waals surface area (Å²) in [7, 11) is 0. The summed E-state index contributed by atoms with van der Waals surface area (Å²) in [5.41, 5.74) is 0. The topological polar surface area (TPSA) is 67.4 Å². The second kappa shape index (κ2) is 5.20. The van der Waals surface area contributed by atoms with E-state index in [4.69, 9.17) is 0 Å². The average Bonchev–Trinajstić information content (AvgIpc) is 2.56. The average molecular weight is 236 g/mol. The van der Waals surface area contributed by atoms with E-state index in [-0.39, 0.29) is 13.2 Å². The molecule has 1 rings (SSSR count). The number of hydrogen-bond donors (Lipinski definition) is 2. The highest BCUT2D eigenvalue weighted by Gasteiger charge is 2.42. The van der Waals surface area contributed by atoms with Crippen LogP contribution in [0.15, 0.2) is 0 Å². The summed E-state index contributed by atoms with van der Waals surface area (Å²) in [5.74, 6) is -4.04. The maximum Gasteiger partial charge on any atom is 0.325 e. The monoisotopic (exact) mass is 236 g/mol. The highest BCUT2D eigenvalue weighted by atomic mass is 19.3. The number of amides is 1. The summed E-state index contributed by atoms with van der Waals surface area (Å²) in [6.45, 7) is 1.05. The van der Waals surface area contributed by atoms with Gasteiger partial charge in [-0.2, -0.15) is 0 Å². The Hall–Kier alpha value is -1.24. The molecule has 1 amide bonds. The van der Waals surface area contributed by atoms with Crippen molar-refractivity contribution < 1.29 is 23.1 Å². The molecule has 5 nitrogen and oxygen atoms in total. The molecular formula is C9H14F2N2O3. The molecule has 1 aliphatic heterocycles. The number of hydrogen-bond acceptors (Lipinski definition) is 4. The molecule has 7 heteroatoms. The Morgan fingerprint density at radius 2 is 2.25 bits per heavy atom. The van der Waals surface area contributed by atoms with Crippen LogP contribution in [-0.4, -0.2) is 43.5 Å². The van der Waals surface area contributed by atoms with Crippen molar-refractivity contribution in [2.24, 2.45) is 0 Å². The maximum atomic E-state index is 12.7. The van der Waals surface area contributed by atoms with Crippen molar-refractivity contribution in [2.45, 2.75) is 25.3 Å². The molecule has 0 aromatic rings. The normalized spacial score (nSPS) is 22.8. The lowest BCUT2D eigenvalue weighted by Crippen LogP contribution is -2.42. The first-order valence-corrected chi connectivity index (χ1v) is 4.99. The number of carbonyl (C=O) groups excluding carboxylic acids is 2. The van der Waals surface area contributed by atoms with Crippen molar-refractivity contribution in [3.8, 4) is 0 Å². The van der Waals surface area contributed by atoms with Gasteiger partial charge in [0, 0.05) is 6.42 Å². The Kier molecular flexibility index (Phi) is 4.17. The summed E-state index contributed by atoms with van der Waals surface area (Å²) >= 11 is 0. The van der Waals surface area contributed by atoms with Gasteiger partial charge in [0.2, 0.25) is 5.91 Å². The summed E-state index contributed by atoms with van der Waals surface area (Å²) in [6, 6.07) is -0.940. The van der Waals surface area contributed by atoms with Crippen LogP contribution >= 0.6 is 0 Å². The number of alkyl halides is 2. The van der Waals surface area contributed by atoms with Crippen molar-refractivity contribution in [3.63, 3.8) is 0 Å². The molecule has 1 fully saturated rings. The van der Waals surface area contributed by atoms with Gasteiger partial charge in [0.15, 0.2) is 0 Å². The third-order valence-electron chi connectivity index (χ3n) is 2.14. The molecule has 16 heavy (non-hydrogen) atoms. The summed E-state index contributed by atoms with van der Waals surface area (Å²) in [4.78, 5) is 22.2. The van der Waals surface area contributed by atoms with E-state index in [9.17, 15) is 18.4 Å². The number of ether oxygens (including phenoxy) is 1. The molecule has 1 unspecified atom stereocenters. The van der Waals surface area contributed by atoms with E-state index in [1.54, 1.807) is 6.92 Å². The predicted molar refractivity (Wildman–Crippen MR) is 51.0 cm³/mol. The zero-order valence-electron chi connectivity index (χ0n) is 8.89. The summed E-state index contributed by atoms with van der Waals surface area (Å²) in [6.07, 6.45) is -0.540. The molecule has 0 radical (unpaired) electrons. The van der Waals surface area contributed by atoms with Crippen molar-refractivity contribution >= 4 is 11.9 Å². The Morgan fingerprint density at radius 3 is 2.75 bits per heavy atom. The molecule has 0 spiro atoms. The maximum absolute atomic E-state index is 12.7. The third kappa shape index (κ3) is 3.73. The van der Waals surface area contributed by atoms with Gasteiger partial charge in [-0.25, -0.2) is 8.78 Å². The summed E-state index contributed by atoms with van der Waals surface area (Å²) < 4.78 is 30.1. The number of rotatable bonds is 4. The fraction of sp³-hybridized carbons (Fsp3) is 0.778. The molecule has 1 heterocycles. The quantitative estimate of drug-likeness (QED) is 0.655. The molecular weight excluding hydrogens is 222 g/mol. The highest BCUT2D eigenvalue weighted by molar-refractivity contribution is 5.86. The highest BCUT2D eigenvalue weighted by Crippen LogP contribution is 2.24. The number of carbonyl (C=O) groups is 2. The van der Waals surface area contributed by atoms with Crippen molar-refractivity contribution in [1.29, 1.82) is 0 Å². The van der Waals surface area contributed by atoms with E-state index in [1.165, 1.54) is 0 Å². The Labute approximate surface area is 91.5 Å². The van der Waals surface area contributed by atoms with Crippen LogP contribution in [-0.2, 0) is 14.3 Å². The van der Waals surface area contributed by atoms with Crippen LogP contribution in [0.1, 0.15) is 13.3 Å². The predicted octanol–water partition coefficient (Wildman–Crippen LogP) is -0.337. The van der Waals surface area contributed by atoms with Crippen LogP contribution in [0, 0.1) is 0 Å². The Bertz CT molecular complexity index is 284. The number of esters is 1. The van der Waals surface area contributed by atoms with E-state index in [2.05, 4.69) is 15.4 Å². The number of halogens is 2. The fourth-order valence-electron chi connectivity index (χ4n) is 1.40. The van der Waals surface area contributed by atoms with Gasteiger partial charge in [0.05, 0.1) is 19.2 Å². The second-order valence-electron chi connectivity index (χ2n) is 3.52. The Morgan fingerprint density at radius 1 is 1.56 bits per heavy atom. The minimum atomic E-state index is -2.86. The minimum absolute atomic E-state index is 0.217. The standard InChI is InChI=1S/C9H14F2N2O3/c1-2-16-7(14)4-12-8(15)6-3-9(10,11)5-13-6/h6,13H,2-5H2,1H3,(H,12,15). The van der Waals surface area contributed by atoms with Gasteiger partial charge in [-0.1, -0.05) is 0 Å². The van der Waals surface area contributed by atoms with Gasteiger partial charge >= 0.3 is 5.97 Å². The van der Waals surface area contributed by atoms with Crippen LogP contribution in [0.4, 0.5) is 8.78 Å². The molecule has 1 aliphatic rings. The first-order valence-electron chi connectivity index (χ1n) is 4.99. The van der Waals surface area contributed by atoms with Gasteiger partial charge in [0.25, 0.3) is 5.92 Å². The molecule has 1 atom stereocenters. The molecule has 1 saturated heterocycles.